The molecule has 1 aliphatic rings. The van der Waals surface area contributed by atoms with Gasteiger partial charge in [-0.15, -0.1) is 0 Å². The second-order valence-corrected chi connectivity index (χ2v) is 7.84. The number of hydrogen-bond acceptors (Lipinski definition) is 3. The van der Waals surface area contributed by atoms with Crippen molar-refractivity contribution in [2.24, 2.45) is 5.73 Å². The molecule has 5 heteroatoms. The van der Waals surface area contributed by atoms with Crippen LogP contribution in [0.5, 0.6) is 0 Å². The number of hydrogen-bond donors (Lipinski definition) is 1. The van der Waals surface area contributed by atoms with Gasteiger partial charge in [0.2, 0.25) is 0 Å². The fourth-order valence-corrected chi connectivity index (χ4v) is 3.80. The fraction of sp³-hybridized carbons (Fsp3) is 0.538. The first kappa shape index (κ1) is 13.8. The molecule has 3 nitrogen and oxygen atoms in total. The molecule has 1 unspecified atom stereocenters. The van der Waals surface area contributed by atoms with E-state index in [4.69, 9.17) is 17.3 Å². The average Bonchev–Trinajstić information content (AvgIpc) is 2.16. The van der Waals surface area contributed by atoms with Gasteiger partial charge in [0.1, 0.15) is 9.84 Å². The van der Waals surface area contributed by atoms with E-state index in [1.165, 1.54) is 6.26 Å². The van der Waals surface area contributed by atoms with E-state index in [0.29, 0.717) is 5.02 Å². The van der Waals surface area contributed by atoms with Gasteiger partial charge in [0.05, 0.1) is 5.75 Å². The van der Waals surface area contributed by atoms with Crippen molar-refractivity contribution in [1.82, 2.24) is 0 Å². The van der Waals surface area contributed by atoms with Crippen LogP contribution in [0.3, 0.4) is 0 Å². The Morgan fingerprint density at radius 1 is 1.33 bits per heavy atom. The van der Waals surface area contributed by atoms with Crippen molar-refractivity contribution in [2.75, 3.05) is 12.0 Å². The van der Waals surface area contributed by atoms with Crippen LogP contribution in [0.2, 0.25) is 5.02 Å². The first-order valence-electron chi connectivity index (χ1n) is 6.03. The third-order valence-electron chi connectivity index (χ3n) is 3.86. The zero-order valence-electron chi connectivity index (χ0n) is 10.4. The smallest absolute Gasteiger partial charge is 0.149 e. The fourth-order valence-electron chi connectivity index (χ4n) is 2.70. The van der Waals surface area contributed by atoms with Crippen LogP contribution in [0.25, 0.3) is 0 Å². The van der Waals surface area contributed by atoms with E-state index in [9.17, 15) is 8.42 Å². The van der Waals surface area contributed by atoms with Crippen LogP contribution in [-0.2, 0) is 15.3 Å². The highest BCUT2D eigenvalue weighted by molar-refractivity contribution is 7.90. The summed E-state index contributed by atoms with van der Waals surface area (Å²) in [5, 5.41) is 0.685. The van der Waals surface area contributed by atoms with Gasteiger partial charge in [0.25, 0.3) is 0 Å². The molecule has 0 saturated heterocycles. The number of rotatable bonds is 4. The Labute approximate surface area is 113 Å². The maximum atomic E-state index is 11.4. The highest BCUT2D eigenvalue weighted by Crippen LogP contribution is 2.46. The van der Waals surface area contributed by atoms with Crippen LogP contribution in [0, 0.1) is 0 Å². The molecule has 2 rings (SSSR count). The van der Waals surface area contributed by atoms with Crippen molar-refractivity contribution in [3.05, 3.63) is 34.9 Å². The molecule has 100 valence electrons. The van der Waals surface area contributed by atoms with E-state index in [2.05, 4.69) is 0 Å². The average molecular weight is 288 g/mol. The SMILES string of the molecule is CS(=O)(=O)CC(N)C1(c2ccc(Cl)cc2)CCC1. The van der Waals surface area contributed by atoms with E-state index in [1.807, 2.05) is 24.3 Å². The summed E-state index contributed by atoms with van der Waals surface area (Å²) >= 11 is 5.88. The summed E-state index contributed by atoms with van der Waals surface area (Å²) in [4.78, 5) is 0. The van der Waals surface area contributed by atoms with Gasteiger partial charge in [0, 0.05) is 22.7 Å². The van der Waals surface area contributed by atoms with Crippen molar-refractivity contribution in [3.63, 3.8) is 0 Å². The maximum absolute atomic E-state index is 11.4. The van der Waals surface area contributed by atoms with Gasteiger partial charge in [-0.1, -0.05) is 30.2 Å². The van der Waals surface area contributed by atoms with Gasteiger partial charge in [-0.05, 0) is 30.5 Å². The van der Waals surface area contributed by atoms with Crippen LogP contribution in [-0.4, -0.2) is 26.5 Å². The molecule has 1 aromatic rings. The third kappa shape index (κ3) is 2.71. The van der Waals surface area contributed by atoms with E-state index >= 15 is 0 Å². The van der Waals surface area contributed by atoms with Crippen LogP contribution < -0.4 is 5.73 Å². The van der Waals surface area contributed by atoms with Crippen LogP contribution in [0.15, 0.2) is 24.3 Å². The predicted octanol–water partition coefficient (Wildman–Crippen LogP) is 2.13. The molecule has 0 radical (unpaired) electrons. The first-order valence-corrected chi connectivity index (χ1v) is 8.47. The topological polar surface area (TPSA) is 60.2 Å². The first-order chi connectivity index (χ1) is 8.33. The lowest BCUT2D eigenvalue weighted by Crippen LogP contribution is -2.53. The van der Waals surface area contributed by atoms with Crippen molar-refractivity contribution in [1.29, 1.82) is 0 Å². The van der Waals surface area contributed by atoms with Gasteiger partial charge < -0.3 is 5.73 Å². The van der Waals surface area contributed by atoms with Crippen molar-refractivity contribution in [2.45, 2.75) is 30.7 Å². The summed E-state index contributed by atoms with van der Waals surface area (Å²) < 4.78 is 22.8. The molecule has 0 bridgehead atoms. The molecule has 0 heterocycles. The molecular weight excluding hydrogens is 270 g/mol. The third-order valence-corrected chi connectivity index (χ3v) is 5.07. The van der Waals surface area contributed by atoms with Crippen molar-refractivity contribution in [3.8, 4) is 0 Å². The standard InChI is InChI=1S/C13H18ClNO2S/c1-18(16,17)9-12(15)13(7-2-8-13)10-3-5-11(14)6-4-10/h3-6,12H,2,7-9,15H2,1H3. The number of nitrogens with two attached hydrogens (primary N) is 1. The minimum atomic E-state index is -3.05. The van der Waals surface area contributed by atoms with Gasteiger partial charge >= 0.3 is 0 Å². The van der Waals surface area contributed by atoms with Gasteiger partial charge in [-0.25, -0.2) is 8.42 Å². The minimum Gasteiger partial charge on any atom is -0.326 e. The number of benzene rings is 1. The van der Waals surface area contributed by atoms with E-state index in [-0.39, 0.29) is 17.2 Å². The van der Waals surface area contributed by atoms with E-state index in [0.717, 1.165) is 24.8 Å². The lowest BCUT2D eigenvalue weighted by atomic mass is 9.61. The normalized spacial score (nSPS) is 20.2. The quantitative estimate of drug-likeness (QED) is 0.923. The lowest BCUT2D eigenvalue weighted by molar-refractivity contribution is 0.206. The molecule has 1 aromatic carbocycles. The predicted molar refractivity (Wildman–Crippen MR) is 74.7 cm³/mol. The lowest BCUT2D eigenvalue weighted by Gasteiger charge is -2.46. The molecule has 0 aromatic heterocycles. The summed E-state index contributed by atoms with van der Waals surface area (Å²) in [5.41, 5.74) is 7.08. The molecular formula is C13H18ClNO2S. The highest BCUT2D eigenvalue weighted by atomic mass is 35.5. The molecule has 1 aliphatic carbocycles. The minimum absolute atomic E-state index is 0.0373. The maximum Gasteiger partial charge on any atom is 0.149 e. The Morgan fingerprint density at radius 2 is 1.89 bits per heavy atom. The Hall–Kier alpha value is -0.580. The largest absolute Gasteiger partial charge is 0.326 e. The number of halogens is 1. The monoisotopic (exact) mass is 287 g/mol. The van der Waals surface area contributed by atoms with Crippen LogP contribution >= 0.6 is 11.6 Å². The summed E-state index contributed by atoms with van der Waals surface area (Å²) in [6.07, 6.45) is 4.23. The van der Waals surface area contributed by atoms with Gasteiger partial charge in [-0.3, -0.25) is 0 Å². The Kier molecular flexibility index (Phi) is 3.72. The summed E-state index contributed by atoms with van der Waals surface area (Å²) in [6, 6.07) is 7.25. The highest BCUT2D eigenvalue weighted by Gasteiger charge is 2.44. The van der Waals surface area contributed by atoms with E-state index in [1.54, 1.807) is 0 Å². The second-order valence-electron chi connectivity index (χ2n) is 5.22. The second kappa shape index (κ2) is 4.83. The molecule has 1 fully saturated rings. The van der Waals surface area contributed by atoms with Crippen LogP contribution in [0.4, 0.5) is 0 Å². The summed E-state index contributed by atoms with van der Waals surface area (Å²) in [7, 11) is -3.05. The Morgan fingerprint density at radius 3 is 2.28 bits per heavy atom. The number of sulfone groups is 1. The van der Waals surface area contributed by atoms with Crippen LogP contribution in [0.1, 0.15) is 24.8 Å². The molecule has 18 heavy (non-hydrogen) atoms. The molecule has 1 atom stereocenters. The molecule has 0 amide bonds. The van der Waals surface area contributed by atoms with Gasteiger partial charge in [0.15, 0.2) is 0 Å². The molecule has 0 spiro atoms. The Bertz CT molecular complexity index is 520. The van der Waals surface area contributed by atoms with Crippen molar-refractivity contribution >= 4 is 21.4 Å². The molecule has 2 N–H and O–H groups in total. The van der Waals surface area contributed by atoms with Gasteiger partial charge in [-0.2, -0.15) is 0 Å². The summed E-state index contributed by atoms with van der Waals surface area (Å²) in [5.74, 6) is 0.0373. The summed E-state index contributed by atoms with van der Waals surface area (Å²) in [6.45, 7) is 0. The zero-order chi connectivity index (χ0) is 13.4. The zero-order valence-corrected chi connectivity index (χ0v) is 12.0. The molecule has 0 aliphatic heterocycles. The Balaban J connectivity index is 2.28. The van der Waals surface area contributed by atoms with Crippen molar-refractivity contribution < 1.29 is 8.42 Å². The molecule has 1 saturated carbocycles. The van der Waals surface area contributed by atoms with E-state index < -0.39 is 9.84 Å².